The second-order valence-electron chi connectivity index (χ2n) is 14.7. The van der Waals surface area contributed by atoms with E-state index >= 15 is 0 Å². The molecular formula is C35H49N5O3. The van der Waals surface area contributed by atoms with Crippen molar-refractivity contribution in [1.82, 2.24) is 20.4 Å². The predicted octanol–water partition coefficient (Wildman–Crippen LogP) is 5.88. The number of amides is 3. The normalized spacial score (nSPS) is 23.1. The number of aromatic nitrogens is 2. The number of carbonyl (C=O) groups excluding carboxylic acids is 3. The fraction of sp³-hybridized carbons (Fsp3) is 0.657. The van der Waals surface area contributed by atoms with Gasteiger partial charge in [-0.3, -0.25) is 19.1 Å². The minimum absolute atomic E-state index is 0.0433. The third kappa shape index (κ3) is 5.99. The van der Waals surface area contributed by atoms with Crippen molar-refractivity contribution in [2.45, 2.75) is 109 Å². The Balaban J connectivity index is 1.25. The first kappa shape index (κ1) is 29.9. The van der Waals surface area contributed by atoms with Gasteiger partial charge < -0.3 is 16.0 Å². The van der Waals surface area contributed by atoms with Crippen molar-refractivity contribution in [2.75, 3.05) is 11.9 Å². The molecule has 4 aliphatic rings. The first-order chi connectivity index (χ1) is 20.6. The average molecular weight is 588 g/mol. The lowest BCUT2D eigenvalue weighted by atomic mass is 9.70. The van der Waals surface area contributed by atoms with E-state index in [2.05, 4.69) is 34.9 Å². The number of benzene rings is 1. The smallest absolute Gasteiger partial charge is 0.270 e. The summed E-state index contributed by atoms with van der Waals surface area (Å²) in [5, 5.41) is 13.8. The van der Waals surface area contributed by atoms with Crippen LogP contribution in [-0.4, -0.2) is 40.1 Å². The van der Waals surface area contributed by atoms with Crippen molar-refractivity contribution in [2.24, 2.45) is 29.7 Å². The van der Waals surface area contributed by atoms with Gasteiger partial charge in [0.2, 0.25) is 11.8 Å². The van der Waals surface area contributed by atoms with Crippen molar-refractivity contribution in [3.63, 3.8) is 0 Å². The Bertz CT molecular complexity index is 1340. The van der Waals surface area contributed by atoms with Gasteiger partial charge in [0.05, 0.1) is 5.41 Å². The van der Waals surface area contributed by atoms with Gasteiger partial charge in [-0.1, -0.05) is 70.9 Å². The SMILES string of the molecule is Cn1nccc1C(=O)N[C@H](C(=O)Nc1cccc(C2(C(=O)NCC3(C)CCC3)CCCC2)c1)C(C1CCCC1)C1(C)CC1. The predicted molar refractivity (Wildman–Crippen MR) is 167 cm³/mol. The molecule has 8 nitrogen and oxygen atoms in total. The van der Waals surface area contributed by atoms with Gasteiger partial charge in [0.1, 0.15) is 11.7 Å². The first-order valence-corrected chi connectivity index (χ1v) is 16.6. The minimum atomic E-state index is -0.659. The van der Waals surface area contributed by atoms with Crippen LogP contribution in [0.3, 0.4) is 0 Å². The lowest BCUT2D eigenvalue weighted by Gasteiger charge is -2.39. The van der Waals surface area contributed by atoms with Crippen LogP contribution in [0, 0.1) is 22.7 Å². The Labute approximate surface area is 256 Å². The summed E-state index contributed by atoms with van der Waals surface area (Å²) in [4.78, 5) is 41.5. The Morgan fingerprint density at radius 3 is 2.28 bits per heavy atom. The van der Waals surface area contributed by atoms with Crippen LogP contribution in [0.2, 0.25) is 0 Å². The highest BCUT2D eigenvalue weighted by Gasteiger charge is 2.53. The molecule has 4 saturated carbocycles. The summed E-state index contributed by atoms with van der Waals surface area (Å²) in [7, 11) is 1.74. The van der Waals surface area contributed by atoms with E-state index in [9.17, 15) is 14.4 Å². The molecule has 2 aromatic rings. The number of anilines is 1. The maximum Gasteiger partial charge on any atom is 0.270 e. The van der Waals surface area contributed by atoms with E-state index in [1.807, 2.05) is 24.3 Å². The largest absolute Gasteiger partial charge is 0.355 e. The zero-order chi connectivity index (χ0) is 30.2. The topological polar surface area (TPSA) is 105 Å². The molecule has 4 fully saturated rings. The molecule has 232 valence electrons. The van der Waals surface area contributed by atoms with E-state index in [-0.39, 0.29) is 34.5 Å². The summed E-state index contributed by atoms with van der Waals surface area (Å²) in [6.07, 6.45) is 15.5. The van der Waals surface area contributed by atoms with Crippen molar-refractivity contribution in [3.05, 3.63) is 47.8 Å². The molecule has 0 spiro atoms. The second kappa shape index (κ2) is 11.7. The monoisotopic (exact) mass is 587 g/mol. The number of hydrogen-bond donors (Lipinski definition) is 3. The molecule has 1 unspecified atom stereocenters. The van der Waals surface area contributed by atoms with E-state index in [1.54, 1.807) is 24.0 Å². The van der Waals surface area contributed by atoms with Gasteiger partial charge >= 0.3 is 0 Å². The standard InChI is InChI=1S/C35H49N5O3/c1-33(15-9-16-33)23-36-32(43)35(17-6-7-18-35)25-12-8-13-26(22-25)38-31(42)29(39-30(41)27-14-21-37-40(27)3)28(34(2)19-20-34)24-10-4-5-11-24/h8,12-14,21-22,24,28-29H,4-7,9-11,15-20,23H2,1-3H3,(H,36,43)(H,38,42)(H,39,41)/t28?,29-/m0/s1. The lowest BCUT2D eigenvalue weighted by Crippen LogP contribution is -2.53. The second-order valence-corrected chi connectivity index (χ2v) is 14.7. The number of nitrogens with one attached hydrogen (secondary N) is 3. The van der Waals surface area contributed by atoms with Gasteiger partial charge in [0.25, 0.3) is 5.91 Å². The minimum Gasteiger partial charge on any atom is -0.355 e. The molecule has 1 heterocycles. The fourth-order valence-corrected chi connectivity index (χ4v) is 8.38. The van der Waals surface area contributed by atoms with Crippen LogP contribution in [-0.2, 0) is 22.1 Å². The number of nitrogens with zero attached hydrogens (tertiary/aromatic N) is 2. The summed E-state index contributed by atoms with van der Waals surface area (Å²) in [5.74, 6) is 0.133. The number of rotatable bonds is 11. The quantitative estimate of drug-likeness (QED) is 0.305. The highest BCUT2D eigenvalue weighted by Crippen LogP contribution is 2.57. The lowest BCUT2D eigenvalue weighted by molar-refractivity contribution is -0.127. The molecule has 3 amide bonds. The van der Waals surface area contributed by atoms with E-state index in [0.29, 0.717) is 17.3 Å². The molecular weight excluding hydrogens is 538 g/mol. The molecule has 0 bridgehead atoms. The Kier molecular flexibility index (Phi) is 8.16. The number of aryl methyl sites for hydroxylation is 1. The summed E-state index contributed by atoms with van der Waals surface area (Å²) in [6, 6.07) is 8.92. The van der Waals surface area contributed by atoms with Crippen LogP contribution in [0.4, 0.5) is 5.69 Å². The van der Waals surface area contributed by atoms with Crippen LogP contribution in [0.25, 0.3) is 0 Å². The third-order valence-corrected chi connectivity index (χ3v) is 11.5. The van der Waals surface area contributed by atoms with Gasteiger partial charge in [-0.2, -0.15) is 5.10 Å². The molecule has 43 heavy (non-hydrogen) atoms. The van der Waals surface area contributed by atoms with Crippen LogP contribution in [0.1, 0.15) is 113 Å². The van der Waals surface area contributed by atoms with Gasteiger partial charge in [-0.15, -0.1) is 0 Å². The van der Waals surface area contributed by atoms with Crippen molar-refractivity contribution in [1.29, 1.82) is 0 Å². The summed E-state index contributed by atoms with van der Waals surface area (Å²) in [5.41, 5.74) is 1.78. The first-order valence-electron chi connectivity index (χ1n) is 16.6. The van der Waals surface area contributed by atoms with Gasteiger partial charge in [-0.05, 0) is 85.0 Å². The van der Waals surface area contributed by atoms with Gasteiger partial charge in [0, 0.05) is 25.5 Å². The Morgan fingerprint density at radius 1 is 0.953 bits per heavy atom. The van der Waals surface area contributed by atoms with Crippen LogP contribution < -0.4 is 16.0 Å². The number of carbonyl (C=O) groups is 3. The van der Waals surface area contributed by atoms with Gasteiger partial charge in [0.15, 0.2) is 0 Å². The Hall–Kier alpha value is -3.16. The highest BCUT2D eigenvalue weighted by molar-refractivity contribution is 6.01. The maximum absolute atomic E-state index is 14.2. The molecule has 8 heteroatoms. The molecule has 0 radical (unpaired) electrons. The van der Waals surface area contributed by atoms with E-state index in [1.165, 1.54) is 32.1 Å². The van der Waals surface area contributed by atoms with Crippen LogP contribution in [0.15, 0.2) is 36.5 Å². The molecule has 0 saturated heterocycles. The van der Waals surface area contributed by atoms with E-state index < -0.39 is 11.5 Å². The average Bonchev–Trinajstić information content (AvgIpc) is 3.43. The zero-order valence-electron chi connectivity index (χ0n) is 26.2. The Morgan fingerprint density at radius 2 is 1.67 bits per heavy atom. The molecule has 3 N–H and O–H groups in total. The number of hydrogen-bond acceptors (Lipinski definition) is 4. The van der Waals surface area contributed by atoms with Crippen molar-refractivity contribution < 1.29 is 14.4 Å². The van der Waals surface area contributed by atoms with E-state index in [0.717, 1.165) is 63.5 Å². The summed E-state index contributed by atoms with van der Waals surface area (Å²) >= 11 is 0. The highest BCUT2D eigenvalue weighted by atomic mass is 16.2. The fourth-order valence-electron chi connectivity index (χ4n) is 8.38. The van der Waals surface area contributed by atoms with Gasteiger partial charge in [-0.25, -0.2) is 0 Å². The van der Waals surface area contributed by atoms with Crippen LogP contribution in [0.5, 0.6) is 0 Å². The molecule has 6 rings (SSSR count). The maximum atomic E-state index is 14.2. The summed E-state index contributed by atoms with van der Waals surface area (Å²) < 4.78 is 1.55. The molecule has 2 atom stereocenters. The van der Waals surface area contributed by atoms with Crippen molar-refractivity contribution in [3.8, 4) is 0 Å². The summed E-state index contributed by atoms with van der Waals surface area (Å²) in [6.45, 7) is 5.27. The third-order valence-electron chi connectivity index (χ3n) is 11.5. The molecule has 0 aliphatic heterocycles. The van der Waals surface area contributed by atoms with E-state index in [4.69, 9.17) is 0 Å². The molecule has 1 aromatic heterocycles. The molecule has 1 aromatic carbocycles. The van der Waals surface area contributed by atoms with Crippen molar-refractivity contribution >= 4 is 23.4 Å². The van der Waals surface area contributed by atoms with Crippen LogP contribution >= 0.6 is 0 Å². The zero-order valence-corrected chi connectivity index (χ0v) is 26.2. The molecule has 4 aliphatic carbocycles.